The van der Waals surface area contributed by atoms with E-state index in [1.54, 1.807) is 6.92 Å². The van der Waals surface area contributed by atoms with Crippen molar-refractivity contribution >= 4 is 23.2 Å². The lowest BCUT2D eigenvalue weighted by molar-refractivity contribution is -0.120. The Morgan fingerprint density at radius 3 is 2.47 bits per heavy atom. The van der Waals surface area contributed by atoms with E-state index in [4.69, 9.17) is 5.11 Å². The van der Waals surface area contributed by atoms with Gasteiger partial charge in [0.1, 0.15) is 9.88 Å². The summed E-state index contributed by atoms with van der Waals surface area (Å²) in [6, 6.07) is 0. The Kier molecular flexibility index (Phi) is 5.02. The van der Waals surface area contributed by atoms with Crippen LogP contribution in [0, 0.1) is 6.92 Å². The van der Waals surface area contributed by atoms with Crippen molar-refractivity contribution < 1.29 is 14.7 Å². The second kappa shape index (κ2) is 6.12. The summed E-state index contributed by atoms with van der Waals surface area (Å²) in [6.07, 6.45) is 0. The van der Waals surface area contributed by atoms with Crippen LogP contribution in [0.1, 0.15) is 41.1 Å². The fourth-order valence-electron chi connectivity index (χ4n) is 1.31. The maximum Gasteiger partial charge on any atom is 0.347 e. The highest BCUT2D eigenvalue weighted by atomic mass is 32.1. The summed E-state index contributed by atoms with van der Waals surface area (Å²) in [5, 5.41) is 15.3. The molecule has 0 aliphatic heterocycles. The van der Waals surface area contributed by atoms with Crippen LogP contribution in [0.3, 0.4) is 0 Å². The minimum Gasteiger partial charge on any atom is -0.477 e. The van der Waals surface area contributed by atoms with E-state index in [-0.39, 0.29) is 29.4 Å². The number of aromatic nitrogens is 1. The normalized spacial score (nSPS) is 11.4. The van der Waals surface area contributed by atoms with E-state index in [1.165, 1.54) is 0 Å². The molecule has 0 saturated carbocycles. The standard InChI is InChI=1S/C12H19N3O3S/c1-7-10(11(17)18)19-9(15-7)6-13-8(16)5-14-12(2,3)4/h14H,5-6H2,1-4H3,(H,13,16)(H,17,18). The van der Waals surface area contributed by atoms with Crippen molar-refractivity contribution in [3.8, 4) is 0 Å². The number of nitrogens with one attached hydrogen (secondary N) is 2. The van der Waals surface area contributed by atoms with Crippen LogP contribution in [-0.4, -0.2) is 34.1 Å². The number of carboxylic acids is 1. The molecule has 6 nitrogen and oxygen atoms in total. The monoisotopic (exact) mass is 285 g/mol. The van der Waals surface area contributed by atoms with Crippen molar-refractivity contribution in [1.29, 1.82) is 0 Å². The van der Waals surface area contributed by atoms with Crippen LogP contribution >= 0.6 is 11.3 Å². The number of aryl methyl sites for hydroxylation is 1. The predicted molar refractivity (Wildman–Crippen MR) is 73.4 cm³/mol. The summed E-state index contributed by atoms with van der Waals surface area (Å²) in [5.41, 5.74) is 0.362. The Labute approximate surface area is 116 Å². The maximum atomic E-state index is 11.6. The highest BCUT2D eigenvalue weighted by Crippen LogP contribution is 2.17. The molecule has 0 fully saturated rings. The summed E-state index contributed by atoms with van der Waals surface area (Å²) in [5.74, 6) is -1.12. The van der Waals surface area contributed by atoms with Gasteiger partial charge in [0.15, 0.2) is 0 Å². The number of thiazole rings is 1. The predicted octanol–water partition coefficient (Wildman–Crippen LogP) is 1.15. The van der Waals surface area contributed by atoms with E-state index >= 15 is 0 Å². The van der Waals surface area contributed by atoms with E-state index in [9.17, 15) is 9.59 Å². The third kappa shape index (κ3) is 5.35. The molecule has 0 radical (unpaired) electrons. The lowest BCUT2D eigenvalue weighted by atomic mass is 10.1. The molecule has 0 saturated heterocycles. The summed E-state index contributed by atoms with van der Waals surface area (Å²) in [7, 11) is 0. The average Bonchev–Trinajstić information content (AvgIpc) is 2.64. The van der Waals surface area contributed by atoms with Gasteiger partial charge in [-0.1, -0.05) is 0 Å². The molecule has 0 spiro atoms. The van der Waals surface area contributed by atoms with Gasteiger partial charge in [0.2, 0.25) is 5.91 Å². The fraction of sp³-hybridized carbons (Fsp3) is 0.583. The van der Waals surface area contributed by atoms with Crippen molar-refractivity contribution in [3.05, 3.63) is 15.6 Å². The van der Waals surface area contributed by atoms with Gasteiger partial charge in [-0.2, -0.15) is 0 Å². The molecule has 0 unspecified atom stereocenters. The summed E-state index contributed by atoms with van der Waals surface area (Å²) < 4.78 is 0. The van der Waals surface area contributed by atoms with Crippen LogP contribution in [0.2, 0.25) is 0 Å². The summed E-state index contributed by atoms with van der Waals surface area (Å²) >= 11 is 1.09. The minimum atomic E-state index is -0.984. The molecular formula is C12H19N3O3S. The number of carboxylic acid groups (broad SMARTS) is 1. The highest BCUT2D eigenvalue weighted by molar-refractivity contribution is 7.13. The van der Waals surface area contributed by atoms with Crippen LogP contribution < -0.4 is 10.6 Å². The molecule has 0 atom stereocenters. The lowest BCUT2D eigenvalue weighted by Crippen LogP contribution is -2.43. The van der Waals surface area contributed by atoms with Gasteiger partial charge in [0.25, 0.3) is 0 Å². The number of carbonyl (C=O) groups is 2. The van der Waals surface area contributed by atoms with E-state index in [1.807, 2.05) is 20.8 Å². The van der Waals surface area contributed by atoms with Crippen LogP contribution in [0.15, 0.2) is 0 Å². The zero-order valence-electron chi connectivity index (χ0n) is 11.5. The zero-order chi connectivity index (χ0) is 14.6. The Morgan fingerprint density at radius 1 is 1.37 bits per heavy atom. The smallest absolute Gasteiger partial charge is 0.347 e. The highest BCUT2D eigenvalue weighted by Gasteiger charge is 2.15. The van der Waals surface area contributed by atoms with Crippen LogP contribution in [0.5, 0.6) is 0 Å². The molecule has 7 heteroatoms. The minimum absolute atomic E-state index is 0.119. The lowest BCUT2D eigenvalue weighted by Gasteiger charge is -2.19. The number of rotatable bonds is 5. The van der Waals surface area contributed by atoms with Crippen LogP contribution in [-0.2, 0) is 11.3 Å². The van der Waals surface area contributed by atoms with Crippen molar-refractivity contribution in [1.82, 2.24) is 15.6 Å². The Hall–Kier alpha value is -1.47. The number of nitrogens with zero attached hydrogens (tertiary/aromatic N) is 1. The third-order valence-corrected chi connectivity index (χ3v) is 3.40. The van der Waals surface area contributed by atoms with Crippen molar-refractivity contribution in [2.24, 2.45) is 0 Å². The van der Waals surface area contributed by atoms with Crippen molar-refractivity contribution in [2.75, 3.05) is 6.54 Å². The molecule has 0 aliphatic carbocycles. The molecule has 1 aromatic rings. The van der Waals surface area contributed by atoms with Crippen molar-refractivity contribution in [3.63, 3.8) is 0 Å². The molecule has 1 amide bonds. The van der Waals surface area contributed by atoms with Gasteiger partial charge in [0.05, 0.1) is 18.8 Å². The van der Waals surface area contributed by atoms with Gasteiger partial charge >= 0.3 is 5.97 Å². The van der Waals surface area contributed by atoms with Crippen LogP contribution in [0.4, 0.5) is 0 Å². The number of amides is 1. The number of hydrogen-bond acceptors (Lipinski definition) is 5. The van der Waals surface area contributed by atoms with Crippen LogP contribution in [0.25, 0.3) is 0 Å². The zero-order valence-corrected chi connectivity index (χ0v) is 12.3. The molecule has 3 N–H and O–H groups in total. The SMILES string of the molecule is Cc1nc(CNC(=O)CNC(C)(C)C)sc1C(=O)O. The van der Waals surface area contributed by atoms with Gasteiger partial charge in [0, 0.05) is 5.54 Å². The third-order valence-electron chi connectivity index (χ3n) is 2.25. The second-order valence-electron chi connectivity index (χ2n) is 5.21. The molecule has 0 aliphatic rings. The fourth-order valence-corrected chi connectivity index (χ4v) is 2.15. The molecular weight excluding hydrogens is 266 g/mol. The Morgan fingerprint density at radius 2 is 2.00 bits per heavy atom. The Balaban J connectivity index is 2.47. The first-order valence-electron chi connectivity index (χ1n) is 5.90. The van der Waals surface area contributed by atoms with Gasteiger partial charge in [-0.25, -0.2) is 9.78 Å². The largest absolute Gasteiger partial charge is 0.477 e. The molecule has 19 heavy (non-hydrogen) atoms. The first-order chi connectivity index (χ1) is 8.69. The van der Waals surface area contributed by atoms with E-state index in [0.29, 0.717) is 10.7 Å². The molecule has 1 rings (SSSR count). The van der Waals surface area contributed by atoms with Crippen molar-refractivity contribution in [2.45, 2.75) is 39.8 Å². The molecule has 0 aromatic carbocycles. The van der Waals surface area contributed by atoms with E-state index < -0.39 is 5.97 Å². The summed E-state index contributed by atoms with van der Waals surface area (Å²) in [4.78, 5) is 26.8. The number of hydrogen-bond donors (Lipinski definition) is 3. The Bertz CT molecular complexity index is 477. The quantitative estimate of drug-likeness (QED) is 0.755. The molecule has 1 heterocycles. The number of carbonyl (C=O) groups excluding carboxylic acids is 1. The van der Waals surface area contributed by atoms with E-state index in [0.717, 1.165) is 11.3 Å². The van der Waals surface area contributed by atoms with Gasteiger partial charge < -0.3 is 15.7 Å². The average molecular weight is 285 g/mol. The first kappa shape index (κ1) is 15.6. The second-order valence-corrected chi connectivity index (χ2v) is 6.29. The van der Waals surface area contributed by atoms with Gasteiger partial charge in [-0.15, -0.1) is 11.3 Å². The molecule has 1 aromatic heterocycles. The summed E-state index contributed by atoms with van der Waals surface area (Å²) in [6.45, 7) is 8.05. The molecule has 0 bridgehead atoms. The first-order valence-corrected chi connectivity index (χ1v) is 6.72. The number of aromatic carboxylic acids is 1. The van der Waals surface area contributed by atoms with E-state index in [2.05, 4.69) is 15.6 Å². The molecule has 106 valence electrons. The van der Waals surface area contributed by atoms with Gasteiger partial charge in [-0.3, -0.25) is 4.79 Å². The maximum absolute atomic E-state index is 11.6. The van der Waals surface area contributed by atoms with Gasteiger partial charge in [-0.05, 0) is 27.7 Å². The topological polar surface area (TPSA) is 91.3 Å².